The average molecular weight is 493 g/mol. The number of aliphatic hydroxyl groups excluding tert-OH is 1. The second kappa shape index (κ2) is 10.8. The molecule has 0 saturated carbocycles. The number of halogens is 1. The molecule has 2 amide bonds. The molecule has 0 fully saturated rings. The molecule has 2 aromatic heterocycles. The molecule has 3 aromatic rings. The van der Waals surface area contributed by atoms with Gasteiger partial charge in [0.15, 0.2) is 0 Å². The summed E-state index contributed by atoms with van der Waals surface area (Å²) in [5.41, 5.74) is 2.10. The largest absolute Gasteiger partial charge is 0.472 e. The molecule has 0 radical (unpaired) electrons. The molecule has 188 valence electrons. The predicted octanol–water partition coefficient (Wildman–Crippen LogP) is 3.28. The van der Waals surface area contributed by atoms with E-state index >= 15 is 0 Å². The van der Waals surface area contributed by atoms with Gasteiger partial charge in [-0.25, -0.2) is 9.37 Å². The van der Waals surface area contributed by atoms with Crippen molar-refractivity contribution in [3.8, 4) is 17.0 Å². The number of fused-ring (bicyclic) bond motifs is 1. The van der Waals surface area contributed by atoms with Gasteiger partial charge in [0.1, 0.15) is 17.5 Å². The lowest BCUT2D eigenvalue weighted by molar-refractivity contribution is 0.0313. The Kier molecular flexibility index (Phi) is 7.59. The molecule has 3 heterocycles. The molecule has 36 heavy (non-hydrogen) atoms. The SMILES string of the molecule is C[C@H](CO)N1C[C@H](C)[C@@H](CN(C)C(=O)c2cccc(F)c2)Oc2ncc(-c3ccncc3)cc2C1=O. The van der Waals surface area contributed by atoms with Gasteiger partial charge in [0, 0.05) is 49.2 Å². The third-order valence-electron chi connectivity index (χ3n) is 6.41. The number of amides is 2. The van der Waals surface area contributed by atoms with Gasteiger partial charge in [-0.2, -0.15) is 0 Å². The number of carbonyl (C=O) groups excluding carboxylic acids is 2. The third kappa shape index (κ3) is 5.36. The zero-order valence-corrected chi connectivity index (χ0v) is 20.5. The van der Waals surface area contributed by atoms with E-state index in [-0.39, 0.29) is 47.9 Å². The number of hydrogen-bond acceptors (Lipinski definition) is 6. The summed E-state index contributed by atoms with van der Waals surface area (Å²) in [5.74, 6) is -1.15. The minimum Gasteiger partial charge on any atom is -0.472 e. The van der Waals surface area contributed by atoms with Crippen LogP contribution >= 0.6 is 0 Å². The number of aliphatic hydroxyl groups is 1. The molecular formula is C27H29FN4O4. The molecule has 0 unspecified atom stereocenters. The summed E-state index contributed by atoms with van der Waals surface area (Å²) in [7, 11) is 1.63. The molecule has 1 aliphatic rings. The van der Waals surface area contributed by atoms with Crippen molar-refractivity contribution in [3.63, 3.8) is 0 Å². The van der Waals surface area contributed by atoms with Gasteiger partial charge in [0.25, 0.3) is 11.8 Å². The van der Waals surface area contributed by atoms with Gasteiger partial charge < -0.3 is 19.6 Å². The lowest BCUT2D eigenvalue weighted by Gasteiger charge is -2.37. The van der Waals surface area contributed by atoms with Crippen LogP contribution in [0.5, 0.6) is 5.88 Å². The molecule has 0 saturated heterocycles. The van der Waals surface area contributed by atoms with E-state index in [0.29, 0.717) is 6.54 Å². The standard InChI is InChI=1S/C27H29FN4O4/c1-17-14-32(18(2)16-33)27(35)23-12-21(19-7-9-29-10-8-19)13-30-25(23)36-24(17)15-31(3)26(34)20-5-4-6-22(28)11-20/h4-13,17-18,24,33H,14-16H2,1-3H3/t17-,18+,24+/m0/s1. The van der Waals surface area contributed by atoms with Crippen molar-refractivity contribution >= 4 is 11.8 Å². The number of aromatic nitrogens is 2. The summed E-state index contributed by atoms with van der Waals surface area (Å²) in [4.78, 5) is 38.1. The fraction of sp³-hybridized carbons (Fsp3) is 0.333. The van der Waals surface area contributed by atoms with E-state index in [2.05, 4.69) is 9.97 Å². The number of carbonyl (C=O) groups is 2. The minimum absolute atomic E-state index is 0.163. The Hall–Kier alpha value is -3.85. The van der Waals surface area contributed by atoms with Crippen molar-refractivity contribution < 1.29 is 23.8 Å². The summed E-state index contributed by atoms with van der Waals surface area (Å²) in [6, 6.07) is 10.5. The Morgan fingerprint density at radius 2 is 2.00 bits per heavy atom. The van der Waals surface area contributed by atoms with Gasteiger partial charge >= 0.3 is 0 Å². The highest BCUT2D eigenvalue weighted by molar-refractivity contribution is 5.98. The van der Waals surface area contributed by atoms with Gasteiger partial charge in [0.2, 0.25) is 5.88 Å². The van der Waals surface area contributed by atoms with Crippen LogP contribution < -0.4 is 4.74 Å². The molecule has 0 bridgehead atoms. The quantitative estimate of drug-likeness (QED) is 0.568. The Labute approximate surface area is 209 Å². The first-order valence-corrected chi connectivity index (χ1v) is 11.8. The van der Waals surface area contributed by atoms with Crippen LogP contribution in [0.4, 0.5) is 4.39 Å². The second-order valence-corrected chi connectivity index (χ2v) is 9.13. The first-order valence-electron chi connectivity index (χ1n) is 11.8. The lowest BCUT2D eigenvalue weighted by atomic mass is 9.99. The summed E-state index contributed by atoms with van der Waals surface area (Å²) in [6.45, 7) is 4.01. The van der Waals surface area contributed by atoms with E-state index < -0.39 is 18.0 Å². The normalized spacial score (nSPS) is 18.5. The van der Waals surface area contributed by atoms with E-state index in [4.69, 9.17) is 4.74 Å². The smallest absolute Gasteiger partial charge is 0.259 e. The topological polar surface area (TPSA) is 95.9 Å². The van der Waals surface area contributed by atoms with Crippen LogP contribution in [-0.2, 0) is 0 Å². The number of nitrogens with zero attached hydrogens (tertiary/aromatic N) is 4. The maximum atomic E-state index is 13.7. The molecule has 0 aliphatic carbocycles. The lowest BCUT2D eigenvalue weighted by Crippen LogP contribution is -2.50. The van der Waals surface area contributed by atoms with Crippen LogP contribution in [0.2, 0.25) is 0 Å². The molecule has 4 rings (SSSR count). The Morgan fingerprint density at radius 1 is 1.25 bits per heavy atom. The maximum Gasteiger partial charge on any atom is 0.259 e. The molecule has 1 aromatic carbocycles. The van der Waals surface area contributed by atoms with Gasteiger partial charge in [-0.15, -0.1) is 0 Å². The summed E-state index contributed by atoms with van der Waals surface area (Å²) >= 11 is 0. The number of pyridine rings is 2. The first-order chi connectivity index (χ1) is 17.3. The Morgan fingerprint density at radius 3 is 2.69 bits per heavy atom. The van der Waals surface area contributed by atoms with E-state index in [1.165, 1.54) is 23.1 Å². The highest BCUT2D eigenvalue weighted by Gasteiger charge is 2.35. The number of likely N-dealkylation sites (N-methyl/N-ethyl adjacent to an activating group) is 1. The van der Waals surface area contributed by atoms with Crippen LogP contribution in [0.1, 0.15) is 34.6 Å². The predicted molar refractivity (Wildman–Crippen MR) is 132 cm³/mol. The Balaban J connectivity index is 1.67. The maximum absolute atomic E-state index is 13.7. The van der Waals surface area contributed by atoms with E-state index in [0.717, 1.165) is 11.1 Å². The van der Waals surface area contributed by atoms with Crippen LogP contribution in [0.3, 0.4) is 0 Å². The van der Waals surface area contributed by atoms with Crippen LogP contribution in [-0.4, -0.2) is 75.6 Å². The van der Waals surface area contributed by atoms with Gasteiger partial charge in [0.05, 0.1) is 19.2 Å². The fourth-order valence-electron chi connectivity index (χ4n) is 4.22. The molecular weight excluding hydrogens is 463 g/mol. The van der Waals surface area contributed by atoms with Crippen molar-refractivity contribution in [2.24, 2.45) is 5.92 Å². The molecule has 8 nitrogen and oxygen atoms in total. The molecule has 9 heteroatoms. The summed E-state index contributed by atoms with van der Waals surface area (Å²) in [6.07, 6.45) is 4.44. The van der Waals surface area contributed by atoms with Gasteiger partial charge in [-0.1, -0.05) is 13.0 Å². The molecule has 0 spiro atoms. The van der Waals surface area contributed by atoms with Crippen molar-refractivity contribution in [2.45, 2.75) is 26.0 Å². The Bertz CT molecular complexity index is 1240. The van der Waals surface area contributed by atoms with Crippen LogP contribution in [0.25, 0.3) is 11.1 Å². The van der Waals surface area contributed by atoms with E-state index in [1.54, 1.807) is 49.6 Å². The number of ether oxygens (including phenoxy) is 1. The second-order valence-electron chi connectivity index (χ2n) is 9.13. The summed E-state index contributed by atoms with van der Waals surface area (Å²) < 4.78 is 19.9. The van der Waals surface area contributed by atoms with Crippen LogP contribution in [0.15, 0.2) is 61.1 Å². The number of rotatable bonds is 6. The van der Waals surface area contributed by atoms with Crippen molar-refractivity contribution in [3.05, 3.63) is 78.0 Å². The van der Waals surface area contributed by atoms with E-state index in [1.807, 2.05) is 19.1 Å². The van der Waals surface area contributed by atoms with Crippen molar-refractivity contribution in [2.75, 3.05) is 26.7 Å². The highest BCUT2D eigenvalue weighted by atomic mass is 19.1. The van der Waals surface area contributed by atoms with Crippen molar-refractivity contribution in [1.29, 1.82) is 0 Å². The zero-order valence-electron chi connectivity index (χ0n) is 20.5. The minimum atomic E-state index is -0.507. The zero-order chi connectivity index (χ0) is 25.8. The van der Waals surface area contributed by atoms with Crippen LogP contribution in [0, 0.1) is 11.7 Å². The first kappa shape index (κ1) is 25.2. The molecule has 1 aliphatic heterocycles. The highest BCUT2D eigenvalue weighted by Crippen LogP contribution is 2.30. The average Bonchev–Trinajstić information content (AvgIpc) is 2.90. The van der Waals surface area contributed by atoms with Gasteiger partial charge in [-0.3, -0.25) is 14.6 Å². The molecule has 3 atom stereocenters. The number of benzene rings is 1. The van der Waals surface area contributed by atoms with Gasteiger partial charge in [-0.05, 0) is 48.9 Å². The van der Waals surface area contributed by atoms with Crippen molar-refractivity contribution in [1.82, 2.24) is 19.8 Å². The number of hydrogen-bond donors (Lipinski definition) is 1. The summed E-state index contributed by atoms with van der Waals surface area (Å²) in [5, 5.41) is 9.84. The fourth-order valence-corrected chi connectivity index (χ4v) is 4.22. The van der Waals surface area contributed by atoms with E-state index in [9.17, 15) is 19.1 Å². The third-order valence-corrected chi connectivity index (χ3v) is 6.41. The molecule has 1 N–H and O–H groups in total. The monoisotopic (exact) mass is 492 g/mol.